The summed E-state index contributed by atoms with van der Waals surface area (Å²) in [5.41, 5.74) is 0. The Morgan fingerprint density at radius 1 is 0.905 bits per heavy atom. The Balaban J connectivity index is 3.15. The number of aryl methyl sites for hydroxylation is 1. The number of hydrogen-bond donors (Lipinski definition) is 0. The molecule has 21 heavy (non-hydrogen) atoms. The fraction of sp³-hybridized carbons (Fsp3) is 0.765. The molecule has 0 aliphatic carbocycles. The Labute approximate surface area is 140 Å². The molecular weight excluding hydrogens is 386 g/mol. The average Bonchev–Trinajstić information content (AvgIpc) is 2.46. The Bertz CT molecular complexity index is 381. The summed E-state index contributed by atoms with van der Waals surface area (Å²) in [5, 5.41) is 0.642. The van der Waals surface area contributed by atoms with Crippen molar-refractivity contribution in [1.29, 1.82) is 0 Å². The first-order chi connectivity index (χ1) is 10.1. The third-order valence-corrected chi connectivity index (χ3v) is 19.6. The molecule has 1 heterocycles. The van der Waals surface area contributed by atoms with Gasteiger partial charge in [-0.05, 0) is 0 Å². The van der Waals surface area contributed by atoms with Gasteiger partial charge in [0.1, 0.15) is 0 Å². The van der Waals surface area contributed by atoms with Gasteiger partial charge in [-0.25, -0.2) is 0 Å². The molecule has 0 bridgehead atoms. The predicted molar refractivity (Wildman–Crippen MR) is 96.3 cm³/mol. The molecule has 0 saturated carbocycles. The second-order valence-corrected chi connectivity index (χ2v) is 19.7. The van der Waals surface area contributed by atoms with E-state index in [2.05, 4.69) is 31.8 Å². The van der Waals surface area contributed by atoms with E-state index in [1.54, 1.807) is 0 Å². The van der Waals surface area contributed by atoms with Crippen LogP contribution in [0.5, 0.6) is 0 Å². The minimum absolute atomic E-state index is 0.642. The molecular formula is C17H31ClN2Sn. The normalized spacial score (nSPS) is 11.9. The maximum atomic E-state index is 6.24. The van der Waals surface area contributed by atoms with Crippen LogP contribution in [0.3, 0.4) is 0 Å². The summed E-state index contributed by atoms with van der Waals surface area (Å²) < 4.78 is 5.67. The number of aromatic nitrogens is 2. The van der Waals surface area contributed by atoms with E-state index >= 15 is 0 Å². The maximum absolute atomic E-state index is 6.24. The van der Waals surface area contributed by atoms with Gasteiger partial charge in [0.05, 0.1) is 0 Å². The van der Waals surface area contributed by atoms with E-state index < -0.39 is 18.4 Å². The molecule has 2 nitrogen and oxygen atoms in total. The van der Waals surface area contributed by atoms with Crippen molar-refractivity contribution >= 4 is 33.7 Å². The number of hydrogen-bond acceptors (Lipinski definition) is 2. The standard InChI is InChI=1S/C5H4ClN2.3C4H9.Sn/c1-4-7-3-2-5(6)8-4;3*1-3-4-2;/h2H,1H3;3*1,3-4H2,2H3;. The second-order valence-electron chi connectivity index (χ2n) is 6.21. The molecule has 0 N–H and O–H groups in total. The fourth-order valence-electron chi connectivity index (χ4n) is 3.11. The van der Waals surface area contributed by atoms with Crippen molar-refractivity contribution in [2.75, 3.05) is 0 Å². The molecule has 0 atom stereocenters. The Morgan fingerprint density at radius 3 is 1.76 bits per heavy atom. The van der Waals surface area contributed by atoms with Crippen LogP contribution >= 0.6 is 11.6 Å². The Morgan fingerprint density at radius 2 is 1.38 bits per heavy atom. The molecule has 0 aliphatic heterocycles. The number of unbranched alkanes of at least 4 members (excludes halogenated alkanes) is 3. The van der Waals surface area contributed by atoms with Gasteiger partial charge >= 0.3 is 140 Å². The molecule has 0 aromatic carbocycles. The van der Waals surface area contributed by atoms with Gasteiger partial charge in [-0.2, -0.15) is 0 Å². The molecule has 0 unspecified atom stereocenters. The molecule has 0 amide bonds. The zero-order valence-corrected chi connectivity index (χ0v) is 17.8. The van der Waals surface area contributed by atoms with Crippen molar-refractivity contribution in [2.45, 2.75) is 79.5 Å². The van der Waals surface area contributed by atoms with Crippen LogP contribution in [-0.4, -0.2) is 28.3 Å². The molecule has 1 rings (SSSR count). The second kappa shape index (κ2) is 10.0. The summed E-state index contributed by atoms with van der Waals surface area (Å²) >= 11 is 3.82. The number of rotatable bonds is 10. The Hall–Kier alpha value is 0.169. The van der Waals surface area contributed by atoms with Gasteiger partial charge in [0, 0.05) is 0 Å². The molecule has 0 spiro atoms. The van der Waals surface area contributed by atoms with Crippen LogP contribution in [0.2, 0.25) is 18.5 Å². The summed E-state index contributed by atoms with van der Waals surface area (Å²) in [6.45, 7) is 8.88. The molecule has 1 aromatic heterocycles. The zero-order chi connectivity index (χ0) is 15.7. The molecule has 0 radical (unpaired) electrons. The van der Waals surface area contributed by atoms with Gasteiger partial charge in [-0.1, -0.05) is 0 Å². The van der Waals surface area contributed by atoms with E-state index in [1.807, 2.05) is 6.92 Å². The van der Waals surface area contributed by atoms with Crippen molar-refractivity contribution < 1.29 is 0 Å². The van der Waals surface area contributed by atoms with E-state index in [0.717, 1.165) is 5.82 Å². The van der Waals surface area contributed by atoms with Gasteiger partial charge in [0.15, 0.2) is 0 Å². The molecule has 0 aliphatic rings. The third-order valence-electron chi connectivity index (χ3n) is 4.38. The van der Waals surface area contributed by atoms with E-state index in [9.17, 15) is 0 Å². The first-order valence-electron chi connectivity index (χ1n) is 8.59. The SMILES string of the molecule is CCC[CH2][Sn]([CH2]CCC)([CH2]CCC)[c]1cc(Cl)nc(C)n1. The fourth-order valence-corrected chi connectivity index (χ4v) is 19.2. The van der Waals surface area contributed by atoms with E-state index in [1.165, 1.54) is 55.5 Å². The first-order valence-corrected chi connectivity index (χ1v) is 16.5. The molecule has 120 valence electrons. The average molecular weight is 418 g/mol. The topological polar surface area (TPSA) is 25.8 Å². The zero-order valence-electron chi connectivity index (χ0n) is 14.2. The van der Waals surface area contributed by atoms with Crippen LogP contribution in [0.1, 0.15) is 65.1 Å². The molecule has 0 saturated heterocycles. The van der Waals surface area contributed by atoms with Gasteiger partial charge in [-0.15, -0.1) is 0 Å². The van der Waals surface area contributed by atoms with Crippen LogP contribution in [0.4, 0.5) is 0 Å². The van der Waals surface area contributed by atoms with E-state index in [-0.39, 0.29) is 0 Å². The summed E-state index contributed by atoms with van der Waals surface area (Å²) in [4.78, 5) is 9.14. The summed E-state index contributed by atoms with van der Waals surface area (Å²) in [6, 6.07) is 2.10. The monoisotopic (exact) mass is 418 g/mol. The van der Waals surface area contributed by atoms with Crippen molar-refractivity contribution in [3.63, 3.8) is 0 Å². The van der Waals surface area contributed by atoms with Gasteiger partial charge in [-0.3, -0.25) is 0 Å². The van der Waals surface area contributed by atoms with Crippen LogP contribution < -0.4 is 3.71 Å². The predicted octanol–water partition coefficient (Wildman–Crippen LogP) is 5.49. The van der Waals surface area contributed by atoms with Gasteiger partial charge in [0.2, 0.25) is 0 Å². The molecule has 4 heteroatoms. The van der Waals surface area contributed by atoms with Crippen LogP contribution in [0, 0.1) is 6.92 Å². The molecule has 0 fully saturated rings. The van der Waals surface area contributed by atoms with E-state index in [0.29, 0.717) is 5.15 Å². The van der Waals surface area contributed by atoms with Crippen LogP contribution in [0.25, 0.3) is 0 Å². The summed E-state index contributed by atoms with van der Waals surface area (Å²) in [6.07, 6.45) is 7.91. The van der Waals surface area contributed by atoms with Crippen molar-refractivity contribution in [2.24, 2.45) is 0 Å². The number of halogens is 1. The van der Waals surface area contributed by atoms with Gasteiger partial charge < -0.3 is 0 Å². The quantitative estimate of drug-likeness (QED) is 0.371. The number of nitrogens with zero attached hydrogens (tertiary/aromatic N) is 2. The van der Waals surface area contributed by atoms with Crippen molar-refractivity contribution in [3.8, 4) is 0 Å². The van der Waals surface area contributed by atoms with Crippen molar-refractivity contribution in [3.05, 3.63) is 17.0 Å². The van der Waals surface area contributed by atoms with Crippen LogP contribution in [-0.2, 0) is 0 Å². The van der Waals surface area contributed by atoms with Crippen molar-refractivity contribution in [1.82, 2.24) is 9.97 Å². The third kappa shape index (κ3) is 6.05. The van der Waals surface area contributed by atoms with E-state index in [4.69, 9.17) is 16.6 Å². The molecule has 1 aromatic rings. The summed E-state index contributed by atoms with van der Waals surface area (Å²) in [5.74, 6) is 0.850. The van der Waals surface area contributed by atoms with Gasteiger partial charge in [0.25, 0.3) is 0 Å². The minimum atomic E-state index is -2.42. The summed E-state index contributed by atoms with van der Waals surface area (Å²) in [7, 11) is 0. The van der Waals surface area contributed by atoms with Crippen LogP contribution in [0.15, 0.2) is 6.07 Å². The first kappa shape index (κ1) is 19.2. The Kier molecular flexibility index (Phi) is 9.19.